The molecule has 2 heterocycles. The van der Waals surface area contributed by atoms with Crippen molar-refractivity contribution >= 4 is 44.5 Å². The highest BCUT2D eigenvalue weighted by Gasteiger charge is 2.44. The molecule has 4 N–H and O–H groups in total. The molecule has 8 heteroatoms. The molecule has 1 fully saturated rings. The first-order chi connectivity index (χ1) is 17.0. The predicted octanol–water partition coefficient (Wildman–Crippen LogP) is 2.71. The van der Waals surface area contributed by atoms with Crippen LogP contribution in [0.5, 0.6) is 5.75 Å². The van der Waals surface area contributed by atoms with Gasteiger partial charge in [-0.3, -0.25) is 0 Å². The van der Waals surface area contributed by atoms with Crippen LogP contribution >= 0.6 is 11.3 Å². The molecule has 1 saturated heterocycles. The van der Waals surface area contributed by atoms with Crippen LogP contribution in [0.2, 0.25) is 0 Å². The summed E-state index contributed by atoms with van der Waals surface area (Å²) in [6, 6.07) is 19.8. The molecule has 0 aliphatic carbocycles. The Kier molecular flexibility index (Phi) is 6.84. The van der Waals surface area contributed by atoms with Gasteiger partial charge in [-0.25, -0.2) is 0 Å². The second-order valence-corrected chi connectivity index (χ2v) is 9.56. The van der Waals surface area contributed by atoms with E-state index < -0.39 is 37.3 Å². The van der Waals surface area contributed by atoms with E-state index in [2.05, 4.69) is 41.8 Å². The predicted molar refractivity (Wildman–Crippen MR) is 135 cm³/mol. The zero-order chi connectivity index (χ0) is 24.5. The average molecular weight is 495 g/mol. The molecule has 0 radical (unpaired) electrons. The molecule has 0 amide bonds. The monoisotopic (exact) mass is 494 g/mol. The molecule has 35 heavy (non-hydrogen) atoms. The van der Waals surface area contributed by atoms with Crippen LogP contribution in [0.15, 0.2) is 60.7 Å². The first kappa shape index (κ1) is 23.9. The number of fused-ring (bicyclic) bond motifs is 2. The molecule has 0 unspecified atom stereocenters. The molecule has 1 aliphatic heterocycles. The highest BCUT2D eigenvalue weighted by Crippen LogP contribution is 2.33. The summed E-state index contributed by atoms with van der Waals surface area (Å²) in [5.41, 5.74) is 2.22. The van der Waals surface area contributed by atoms with Crippen LogP contribution in [0.3, 0.4) is 0 Å². The number of hydrogen-bond acceptors (Lipinski definition) is 7. The van der Waals surface area contributed by atoms with Gasteiger partial charge >= 0.3 is 0 Å². The van der Waals surface area contributed by atoms with Crippen LogP contribution < -0.4 is 9.30 Å². The van der Waals surface area contributed by atoms with Crippen molar-refractivity contribution in [3.8, 4) is 5.75 Å². The maximum Gasteiger partial charge on any atom is 0.262 e. The van der Waals surface area contributed by atoms with E-state index in [4.69, 9.17) is 9.47 Å². The molecule has 7 nitrogen and oxygen atoms in total. The third-order valence-corrected chi connectivity index (χ3v) is 7.50. The van der Waals surface area contributed by atoms with Crippen LogP contribution in [-0.4, -0.2) is 57.7 Å². The van der Waals surface area contributed by atoms with Gasteiger partial charge < -0.3 is 29.9 Å². The van der Waals surface area contributed by atoms with E-state index in [1.165, 1.54) is 10.2 Å². The fourth-order valence-electron chi connectivity index (χ4n) is 4.50. The molecule has 0 bridgehead atoms. The number of aliphatic hydroxyl groups is 4. The molecule has 5 rings (SSSR count). The van der Waals surface area contributed by atoms with Crippen molar-refractivity contribution in [2.45, 2.75) is 44.2 Å². The van der Waals surface area contributed by atoms with E-state index in [-0.39, 0.29) is 0 Å². The quantitative estimate of drug-likeness (QED) is 0.308. The van der Waals surface area contributed by atoms with Crippen LogP contribution in [-0.2, 0) is 11.3 Å². The van der Waals surface area contributed by atoms with Gasteiger partial charge in [0.1, 0.15) is 41.4 Å². The van der Waals surface area contributed by atoms with E-state index in [0.717, 1.165) is 27.9 Å². The van der Waals surface area contributed by atoms with Gasteiger partial charge in [0.15, 0.2) is 0 Å². The average Bonchev–Trinajstić information content (AvgIpc) is 3.25. The van der Waals surface area contributed by atoms with E-state index >= 15 is 0 Å². The van der Waals surface area contributed by atoms with Gasteiger partial charge in [-0.15, -0.1) is 0 Å². The maximum absolute atomic E-state index is 10.4. The molecular weight excluding hydrogens is 466 g/mol. The van der Waals surface area contributed by atoms with E-state index in [0.29, 0.717) is 5.75 Å². The second kappa shape index (κ2) is 10.0. The standard InChI is InChI=1S/C27H28NO6S/c1-2-28-19-9-5-6-10-22(19)35-23(28)14-12-16-11-13-20(18-8-4-3-7-17(16)18)33-27-26(32)25(31)24(30)21(15-29)34-27/h3-14,21,24-27,29-32H,2,15H2,1H3/q+1/b14-12+/t21-,24+,25+,26-,27-/m1/s1. The molecule has 3 aromatic carbocycles. The Morgan fingerprint density at radius 1 is 0.914 bits per heavy atom. The van der Waals surface area contributed by atoms with Gasteiger partial charge in [0.2, 0.25) is 11.8 Å². The first-order valence-electron chi connectivity index (χ1n) is 11.6. The van der Waals surface area contributed by atoms with Crippen LogP contribution in [0.4, 0.5) is 0 Å². The highest BCUT2D eigenvalue weighted by atomic mass is 32.1. The topological polar surface area (TPSA) is 103 Å². The maximum atomic E-state index is 10.4. The minimum atomic E-state index is -1.49. The largest absolute Gasteiger partial charge is 0.461 e. The fourth-order valence-corrected chi connectivity index (χ4v) is 5.63. The second-order valence-electron chi connectivity index (χ2n) is 8.50. The van der Waals surface area contributed by atoms with Gasteiger partial charge in [0, 0.05) is 17.5 Å². The lowest BCUT2D eigenvalue weighted by atomic mass is 9.99. The zero-order valence-electron chi connectivity index (χ0n) is 19.2. The summed E-state index contributed by atoms with van der Waals surface area (Å²) in [5, 5.41) is 42.9. The zero-order valence-corrected chi connectivity index (χ0v) is 20.0. The molecular formula is C27H28NO6S+. The molecule has 182 valence electrons. The number of aliphatic hydroxyl groups excluding tert-OH is 4. The van der Waals surface area contributed by atoms with Crippen molar-refractivity contribution in [1.82, 2.24) is 0 Å². The van der Waals surface area contributed by atoms with Crippen LogP contribution in [0.25, 0.3) is 33.1 Å². The number of thiazole rings is 1. The summed E-state index contributed by atoms with van der Waals surface area (Å²) in [7, 11) is 0. The molecule has 1 aromatic heterocycles. The third-order valence-electron chi connectivity index (χ3n) is 6.37. The number of nitrogens with zero attached hydrogens (tertiary/aromatic N) is 1. The molecule has 4 aromatic rings. The van der Waals surface area contributed by atoms with E-state index in [1.54, 1.807) is 17.4 Å². The summed E-state index contributed by atoms with van der Waals surface area (Å²) in [6.45, 7) is 2.50. The van der Waals surface area contributed by atoms with Gasteiger partial charge in [0.05, 0.1) is 6.61 Å². The van der Waals surface area contributed by atoms with Gasteiger partial charge in [-0.05, 0) is 36.1 Å². The summed E-state index contributed by atoms with van der Waals surface area (Å²) in [5.74, 6) is 0.465. The van der Waals surface area contributed by atoms with Crippen molar-refractivity contribution in [2.75, 3.05) is 6.61 Å². The van der Waals surface area contributed by atoms with Crippen LogP contribution in [0, 0.1) is 0 Å². The number of rotatable bonds is 6. The fraction of sp³-hybridized carbons (Fsp3) is 0.296. The molecule has 1 aliphatic rings. The first-order valence-corrected chi connectivity index (χ1v) is 12.4. The number of hydrogen-bond donors (Lipinski definition) is 4. The Bertz CT molecular complexity index is 1370. The lowest BCUT2D eigenvalue weighted by Crippen LogP contribution is -2.60. The van der Waals surface area contributed by atoms with E-state index in [9.17, 15) is 20.4 Å². The highest BCUT2D eigenvalue weighted by molar-refractivity contribution is 7.18. The third kappa shape index (κ3) is 4.45. The number of para-hydroxylation sites is 1. The van der Waals surface area contributed by atoms with Crippen molar-refractivity contribution < 1.29 is 34.5 Å². The van der Waals surface area contributed by atoms with Crippen LogP contribution in [0.1, 0.15) is 17.5 Å². The minimum absolute atomic E-state index is 0.465. The summed E-state index contributed by atoms with van der Waals surface area (Å²) >= 11 is 1.75. The Labute approximate surface area is 206 Å². The number of benzene rings is 3. The van der Waals surface area contributed by atoms with Gasteiger partial charge in [-0.1, -0.05) is 53.8 Å². The summed E-state index contributed by atoms with van der Waals surface area (Å²) in [4.78, 5) is 0. The lowest BCUT2D eigenvalue weighted by molar-refractivity contribution is -0.665. The molecule has 0 spiro atoms. The smallest absolute Gasteiger partial charge is 0.262 e. The Balaban J connectivity index is 1.47. The van der Waals surface area contributed by atoms with Crippen molar-refractivity contribution in [1.29, 1.82) is 0 Å². The van der Waals surface area contributed by atoms with Crippen molar-refractivity contribution in [3.05, 3.63) is 71.2 Å². The number of aromatic nitrogens is 1. The number of aryl methyl sites for hydroxylation is 1. The number of ether oxygens (including phenoxy) is 2. The Morgan fingerprint density at radius 2 is 1.66 bits per heavy atom. The summed E-state index contributed by atoms with van der Waals surface area (Å²) < 4.78 is 15.0. The SMILES string of the molecule is CC[n+]1c(/C=C/c2ccc(O[C@@H]3O[C@H](CO)[C@H](O)[C@H](O)[C@H]3O)c3ccccc23)sc2ccccc21. The van der Waals surface area contributed by atoms with Gasteiger partial charge in [0.25, 0.3) is 5.01 Å². The van der Waals surface area contributed by atoms with Gasteiger partial charge in [-0.2, -0.15) is 4.57 Å². The normalized spacial score (nSPS) is 25.0. The summed E-state index contributed by atoms with van der Waals surface area (Å²) in [6.07, 6.45) is -2.46. The Morgan fingerprint density at radius 3 is 2.43 bits per heavy atom. The van der Waals surface area contributed by atoms with Crippen molar-refractivity contribution in [2.24, 2.45) is 0 Å². The minimum Gasteiger partial charge on any atom is -0.461 e. The Hall–Kier alpha value is -2.85. The molecule has 0 saturated carbocycles. The van der Waals surface area contributed by atoms with E-state index in [1.807, 2.05) is 36.4 Å². The lowest BCUT2D eigenvalue weighted by Gasteiger charge is -2.39. The molecule has 5 atom stereocenters. The van der Waals surface area contributed by atoms with Crippen molar-refractivity contribution in [3.63, 3.8) is 0 Å².